The van der Waals surface area contributed by atoms with Gasteiger partial charge in [-0.25, -0.2) is 0 Å². The topological polar surface area (TPSA) is 23.5 Å². The molecule has 0 fully saturated rings. The van der Waals surface area contributed by atoms with Gasteiger partial charge < -0.3 is 10.0 Å². The van der Waals surface area contributed by atoms with Crippen molar-refractivity contribution in [1.29, 1.82) is 0 Å². The summed E-state index contributed by atoms with van der Waals surface area (Å²) in [5, 5.41) is 12.7. The zero-order valence-electron chi connectivity index (χ0n) is 10.0. The molecule has 0 aliphatic heterocycles. The van der Waals surface area contributed by atoms with Gasteiger partial charge in [0.1, 0.15) is 0 Å². The van der Waals surface area contributed by atoms with Gasteiger partial charge in [0.05, 0.1) is 5.00 Å². The van der Waals surface area contributed by atoms with Gasteiger partial charge in [0.2, 0.25) is 0 Å². The maximum absolute atomic E-state index is 9.29. The predicted octanol–water partition coefficient (Wildman–Crippen LogP) is 2.76. The van der Waals surface area contributed by atoms with E-state index in [9.17, 15) is 5.11 Å². The van der Waals surface area contributed by atoms with E-state index in [0.717, 1.165) is 6.54 Å². The lowest BCUT2D eigenvalue weighted by atomic mass is 9.96. The van der Waals surface area contributed by atoms with Gasteiger partial charge in [-0.2, -0.15) is 0 Å². The normalized spacial score (nSPS) is 13.2. The molecule has 1 N–H and O–H groups in total. The molecule has 0 amide bonds. The van der Waals surface area contributed by atoms with Crippen LogP contribution in [0.1, 0.15) is 19.4 Å². The molecule has 0 bridgehead atoms. The number of aryl methyl sites for hydroxylation is 1. The van der Waals surface area contributed by atoms with Crippen LogP contribution >= 0.6 is 11.3 Å². The zero-order valence-corrected chi connectivity index (χ0v) is 10.8. The van der Waals surface area contributed by atoms with Gasteiger partial charge in [-0.1, -0.05) is 13.8 Å². The van der Waals surface area contributed by atoms with E-state index in [4.69, 9.17) is 0 Å². The number of aliphatic hydroxyl groups is 1. The van der Waals surface area contributed by atoms with Crippen LogP contribution < -0.4 is 4.90 Å². The fraction of sp³-hybridized carbons (Fsp3) is 0.667. The number of rotatable bonds is 5. The van der Waals surface area contributed by atoms with Crippen molar-refractivity contribution in [3.63, 3.8) is 0 Å². The van der Waals surface area contributed by atoms with Crippen LogP contribution in [0, 0.1) is 18.8 Å². The fourth-order valence-electron chi connectivity index (χ4n) is 1.67. The zero-order chi connectivity index (χ0) is 11.4. The standard InChI is InChI=1S/C12H21NOS/c1-9(2)11(8-14)7-13(4)12-10(3)5-6-15-12/h5-6,9,11,14H,7-8H2,1-4H3. The van der Waals surface area contributed by atoms with Crippen molar-refractivity contribution in [3.8, 4) is 0 Å². The highest BCUT2D eigenvalue weighted by Crippen LogP contribution is 2.27. The third kappa shape index (κ3) is 3.21. The van der Waals surface area contributed by atoms with Gasteiger partial charge in [0.25, 0.3) is 0 Å². The van der Waals surface area contributed by atoms with E-state index in [1.807, 2.05) is 0 Å². The Kier molecular flexibility index (Phi) is 4.61. The Morgan fingerprint density at radius 2 is 2.13 bits per heavy atom. The van der Waals surface area contributed by atoms with Crippen molar-refractivity contribution in [2.45, 2.75) is 20.8 Å². The Labute approximate surface area is 96.5 Å². The number of nitrogens with zero attached hydrogens (tertiary/aromatic N) is 1. The van der Waals surface area contributed by atoms with Crippen LogP contribution in [0.25, 0.3) is 0 Å². The van der Waals surface area contributed by atoms with Gasteiger partial charge in [0.15, 0.2) is 0 Å². The Bertz CT molecular complexity index is 296. The summed E-state index contributed by atoms with van der Waals surface area (Å²) in [5.74, 6) is 0.884. The minimum Gasteiger partial charge on any atom is -0.396 e. The molecular formula is C12H21NOS. The highest BCUT2D eigenvalue weighted by atomic mass is 32.1. The van der Waals surface area contributed by atoms with E-state index in [2.05, 4.69) is 44.2 Å². The van der Waals surface area contributed by atoms with Crippen molar-refractivity contribution in [2.75, 3.05) is 25.1 Å². The SMILES string of the molecule is Cc1ccsc1N(C)CC(CO)C(C)C. The van der Waals surface area contributed by atoms with E-state index < -0.39 is 0 Å². The van der Waals surface area contributed by atoms with E-state index >= 15 is 0 Å². The second kappa shape index (κ2) is 5.52. The molecule has 0 radical (unpaired) electrons. The molecule has 0 aliphatic carbocycles. The van der Waals surface area contributed by atoms with E-state index in [0.29, 0.717) is 11.8 Å². The molecule has 1 atom stereocenters. The lowest BCUT2D eigenvalue weighted by molar-refractivity contribution is 0.193. The minimum atomic E-state index is 0.270. The molecule has 1 aromatic heterocycles. The summed E-state index contributed by atoms with van der Waals surface area (Å²) in [6.45, 7) is 7.65. The summed E-state index contributed by atoms with van der Waals surface area (Å²) in [5.41, 5.74) is 1.32. The summed E-state index contributed by atoms with van der Waals surface area (Å²) in [6, 6.07) is 2.14. The van der Waals surface area contributed by atoms with Crippen LogP contribution in [-0.4, -0.2) is 25.3 Å². The predicted molar refractivity (Wildman–Crippen MR) is 67.7 cm³/mol. The average Bonchev–Trinajstić information content (AvgIpc) is 2.60. The molecule has 1 aromatic rings. The molecule has 0 saturated carbocycles. The molecule has 1 heterocycles. The van der Waals surface area contributed by atoms with Gasteiger partial charge >= 0.3 is 0 Å². The Morgan fingerprint density at radius 3 is 2.53 bits per heavy atom. The highest BCUT2D eigenvalue weighted by Gasteiger charge is 2.16. The molecule has 86 valence electrons. The number of thiophene rings is 1. The third-order valence-corrected chi connectivity index (χ3v) is 4.00. The molecule has 3 heteroatoms. The first kappa shape index (κ1) is 12.5. The second-order valence-corrected chi connectivity index (χ2v) is 5.37. The monoisotopic (exact) mass is 227 g/mol. The lowest BCUT2D eigenvalue weighted by Gasteiger charge is -2.26. The Balaban J connectivity index is 2.62. The molecular weight excluding hydrogens is 206 g/mol. The lowest BCUT2D eigenvalue weighted by Crippen LogP contribution is -2.30. The van der Waals surface area contributed by atoms with E-state index in [1.165, 1.54) is 10.6 Å². The maximum Gasteiger partial charge on any atom is 0.0935 e. The summed E-state index contributed by atoms with van der Waals surface area (Å²) in [4.78, 5) is 2.25. The summed E-state index contributed by atoms with van der Waals surface area (Å²) in [7, 11) is 2.10. The molecule has 1 rings (SSSR count). The first-order chi connectivity index (χ1) is 7.06. The van der Waals surface area contributed by atoms with Crippen molar-refractivity contribution in [3.05, 3.63) is 17.0 Å². The average molecular weight is 227 g/mol. The number of aliphatic hydroxyl groups excluding tert-OH is 1. The van der Waals surface area contributed by atoms with Gasteiger partial charge in [-0.05, 0) is 29.9 Å². The Morgan fingerprint density at radius 1 is 1.47 bits per heavy atom. The summed E-state index contributed by atoms with van der Waals surface area (Å²) in [6.07, 6.45) is 0. The highest BCUT2D eigenvalue weighted by molar-refractivity contribution is 7.14. The van der Waals surface area contributed by atoms with Crippen LogP contribution in [-0.2, 0) is 0 Å². The van der Waals surface area contributed by atoms with Gasteiger partial charge in [0, 0.05) is 26.1 Å². The minimum absolute atomic E-state index is 0.270. The molecule has 2 nitrogen and oxygen atoms in total. The van der Waals surface area contributed by atoms with Crippen LogP contribution in [0.5, 0.6) is 0 Å². The number of hydrogen-bond acceptors (Lipinski definition) is 3. The Hall–Kier alpha value is -0.540. The summed E-state index contributed by atoms with van der Waals surface area (Å²) >= 11 is 1.77. The van der Waals surface area contributed by atoms with Crippen molar-refractivity contribution < 1.29 is 5.11 Å². The quantitative estimate of drug-likeness (QED) is 0.836. The van der Waals surface area contributed by atoms with Gasteiger partial charge in [-0.3, -0.25) is 0 Å². The third-order valence-electron chi connectivity index (χ3n) is 2.87. The first-order valence-corrected chi connectivity index (χ1v) is 6.30. The van der Waals surface area contributed by atoms with Crippen molar-refractivity contribution in [2.24, 2.45) is 11.8 Å². The number of anilines is 1. The largest absolute Gasteiger partial charge is 0.396 e. The smallest absolute Gasteiger partial charge is 0.0935 e. The molecule has 0 saturated heterocycles. The van der Waals surface area contributed by atoms with Crippen LogP contribution in [0.2, 0.25) is 0 Å². The van der Waals surface area contributed by atoms with Gasteiger partial charge in [-0.15, -0.1) is 11.3 Å². The molecule has 1 unspecified atom stereocenters. The van der Waals surface area contributed by atoms with Crippen molar-refractivity contribution >= 4 is 16.3 Å². The molecule has 0 aliphatic rings. The molecule has 15 heavy (non-hydrogen) atoms. The number of hydrogen-bond donors (Lipinski definition) is 1. The summed E-state index contributed by atoms with van der Waals surface area (Å²) < 4.78 is 0. The second-order valence-electron chi connectivity index (χ2n) is 4.48. The van der Waals surface area contributed by atoms with Crippen LogP contribution in [0.3, 0.4) is 0 Å². The first-order valence-electron chi connectivity index (χ1n) is 5.42. The maximum atomic E-state index is 9.29. The molecule has 0 aromatic carbocycles. The van der Waals surface area contributed by atoms with E-state index in [1.54, 1.807) is 11.3 Å². The van der Waals surface area contributed by atoms with Crippen molar-refractivity contribution in [1.82, 2.24) is 0 Å². The van der Waals surface area contributed by atoms with Crippen LogP contribution in [0.15, 0.2) is 11.4 Å². The van der Waals surface area contributed by atoms with Crippen LogP contribution in [0.4, 0.5) is 5.00 Å². The fourth-order valence-corrected chi connectivity index (χ4v) is 2.58. The van der Waals surface area contributed by atoms with E-state index in [-0.39, 0.29) is 6.61 Å². The molecule has 0 spiro atoms.